The van der Waals surface area contributed by atoms with Gasteiger partial charge in [0.15, 0.2) is 0 Å². The number of carbonyl (C=O) groups is 2. The smallest absolute Gasteiger partial charge is 0.310 e. The lowest BCUT2D eigenvalue weighted by Crippen LogP contribution is -2.48. The second-order valence-electron chi connectivity index (χ2n) is 6.22. The first-order valence-electron chi connectivity index (χ1n) is 8.40. The van der Waals surface area contributed by atoms with Gasteiger partial charge in [0, 0.05) is 12.2 Å². The van der Waals surface area contributed by atoms with E-state index in [0.29, 0.717) is 24.4 Å². The first kappa shape index (κ1) is 18.4. The minimum Gasteiger partial charge on any atom is -0.466 e. The van der Waals surface area contributed by atoms with Crippen LogP contribution in [0.1, 0.15) is 32.3 Å². The fourth-order valence-corrected chi connectivity index (χ4v) is 2.89. The predicted molar refractivity (Wildman–Crippen MR) is 90.2 cm³/mol. The molecule has 1 saturated heterocycles. The second kappa shape index (κ2) is 8.24. The molecular formula is C18H25FN2O3. The Morgan fingerprint density at radius 3 is 2.88 bits per heavy atom. The molecule has 0 radical (unpaired) electrons. The van der Waals surface area contributed by atoms with E-state index in [1.807, 2.05) is 4.90 Å². The summed E-state index contributed by atoms with van der Waals surface area (Å²) in [5, 5.41) is 2.74. The summed E-state index contributed by atoms with van der Waals surface area (Å²) >= 11 is 0. The molecule has 1 amide bonds. The number of anilines is 1. The van der Waals surface area contributed by atoms with Crippen LogP contribution in [0.3, 0.4) is 0 Å². The summed E-state index contributed by atoms with van der Waals surface area (Å²) in [6.07, 6.45) is 1.63. The average molecular weight is 336 g/mol. The molecule has 1 aromatic rings. The summed E-state index contributed by atoms with van der Waals surface area (Å²) < 4.78 is 18.7. The third-order valence-corrected chi connectivity index (χ3v) is 4.44. The van der Waals surface area contributed by atoms with Gasteiger partial charge < -0.3 is 10.1 Å². The number of esters is 1. The zero-order valence-electron chi connectivity index (χ0n) is 14.5. The van der Waals surface area contributed by atoms with E-state index < -0.39 is 6.04 Å². The van der Waals surface area contributed by atoms with Crippen LogP contribution >= 0.6 is 0 Å². The van der Waals surface area contributed by atoms with E-state index in [1.54, 1.807) is 32.9 Å². The highest BCUT2D eigenvalue weighted by Crippen LogP contribution is 2.21. The fourth-order valence-electron chi connectivity index (χ4n) is 2.89. The van der Waals surface area contributed by atoms with E-state index in [1.165, 1.54) is 6.07 Å². The largest absolute Gasteiger partial charge is 0.466 e. The molecule has 1 N–H and O–H groups in total. The van der Waals surface area contributed by atoms with Crippen molar-refractivity contribution in [2.24, 2.45) is 5.92 Å². The lowest BCUT2D eigenvalue weighted by molar-refractivity contribution is -0.150. The van der Waals surface area contributed by atoms with Gasteiger partial charge in [0.05, 0.1) is 18.6 Å². The first-order valence-corrected chi connectivity index (χ1v) is 8.40. The molecule has 1 aromatic carbocycles. The topological polar surface area (TPSA) is 58.6 Å². The highest BCUT2D eigenvalue weighted by atomic mass is 19.1. The molecule has 1 aliphatic rings. The van der Waals surface area contributed by atoms with E-state index in [2.05, 4.69) is 5.32 Å². The maximum atomic E-state index is 13.6. The summed E-state index contributed by atoms with van der Waals surface area (Å²) in [6.45, 7) is 6.89. The highest BCUT2D eigenvalue weighted by Gasteiger charge is 2.31. The van der Waals surface area contributed by atoms with Crippen LogP contribution in [0.15, 0.2) is 18.2 Å². The van der Waals surface area contributed by atoms with Crippen molar-refractivity contribution in [2.45, 2.75) is 39.7 Å². The van der Waals surface area contributed by atoms with E-state index in [-0.39, 0.29) is 23.6 Å². The number of aryl methyl sites for hydroxylation is 1. The number of hydrogen-bond acceptors (Lipinski definition) is 4. The molecule has 1 aliphatic heterocycles. The van der Waals surface area contributed by atoms with Gasteiger partial charge in [0.25, 0.3) is 0 Å². The van der Waals surface area contributed by atoms with Crippen LogP contribution in [0.4, 0.5) is 10.1 Å². The molecule has 0 aromatic heterocycles. The van der Waals surface area contributed by atoms with Gasteiger partial charge >= 0.3 is 5.97 Å². The number of rotatable bonds is 5. The highest BCUT2D eigenvalue weighted by molar-refractivity contribution is 5.94. The summed E-state index contributed by atoms with van der Waals surface area (Å²) in [5.74, 6) is -0.940. The zero-order chi connectivity index (χ0) is 17.7. The van der Waals surface area contributed by atoms with E-state index >= 15 is 0 Å². The predicted octanol–water partition coefficient (Wildman–Crippen LogP) is 2.74. The Morgan fingerprint density at radius 2 is 2.21 bits per heavy atom. The van der Waals surface area contributed by atoms with Crippen molar-refractivity contribution in [3.05, 3.63) is 29.6 Å². The van der Waals surface area contributed by atoms with Crippen LogP contribution in [0, 0.1) is 18.7 Å². The minimum absolute atomic E-state index is 0.189. The Hall–Kier alpha value is -1.95. The lowest BCUT2D eigenvalue weighted by Gasteiger charge is -2.35. The summed E-state index contributed by atoms with van der Waals surface area (Å²) in [7, 11) is 0. The molecule has 0 spiro atoms. The standard InChI is InChI=1S/C18H25FN2O3/c1-4-24-18(23)14-6-5-9-21(11-14)13(3)17(22)20-15-8-7-12(2)16(19)10-15/h7-8,10,13-14H,4-6,9,11H2,1-3H3,(H,20,22)/t13-,14+/m0/s1. The Kier molecular flexibility index (Phi) is 6.31. The fraction of sp³-hybridized carbons (Fsp3) is 0.556. The minimum atomic E-state index is -0.397. The number of nitrogens with zero attached hydrogens (tertiary/aromatic N) is 1. The molecule has 1 heterocycles. The van der Waals surface area contributed by atoms with Crippen LogP contribution in [-0.2, 0) is 14.3 Å². The maximum absolute atomic E-state index is 13.6. The van der Waals surface area contributed by atoms with Gasteiger partial charge in [-0.1, -0.05) is 6.07 Å². The monoisotopic (exact) mass is 336 g/mol. The third kappa shape index (κ3) is 4.54. The first-order chi connectivity index (χ1) is 11.4. The van der Waals surface area contributed by atoms with Crippen molar-refractivity contribution in [1.82, 2.24) is 4.90 Å². The van der Waals surface area contributed by atoms with Gasteiger partial charge in [-0.3, -0.25) is 14.5 Å². The number of carbonyl (C=O) groups excluding carboxylic acids is 2. The van der Waals surface area contributed by atoms with Crippen molar-refractivity contribution >= 4 is 17.6 Å². The van der Waals surface area contributed by atoms with Crippen LogP contribution in [-0.4, -0.2) is 42.5 Å². The van der Waals surface area contributed by atoms with Crippen molar-refractivity contribution < 1.29 is 18.7 Å². The summed E-state index contributed by atoms with van der Waals surface area (Å²) in [6, 6.07) is 4.23. The molecular weight excluding hydrogens is 311 g/mol. The van der Waals surface area contributed by atoms with Gasteiger partial charge in [0.2, 0.25) is 5.91 Å². The Balaban J connectivity index is 1.96. The Labute approximate surface area is 142 Å². The average Bonchev–Trinajstić information content (AvgIpc) is 2.57. The Morgan fingerprint density at radius 1 is 1.46 bits per heavy atom. The number of benzene rings is 1. The second-order valence-corrected chi connectivity index (χ2v) is 6.22. The van der Waals surface area contributed by atoms with Crippen LogP contribution < -0.4 is 5.32 Å². The van der Waals surface area contributed by atoms with E-state index in [4.69, 9.17) is 4.74 Å². The molecule has 0 bridgehead atoms. The van der Waals surface area contributed by atoms with Gasteiger partial charge in [-0.05, 0) is 57.9 Å². The molecule has 1 fully saturated rings. The Bertz CT molecular complexity index is 606. The van der Waals surface area contributed by atoms with Crippen LogP contribution in [0.25, 0.3) is 0 Å². The van der Waals surface area contributed by atoms with Gasteiger partial charge in [-0.25, -0.2) is 4.39 Å². The van der Waals surface area contributed by atoms with Gasteiger partial charge in [-0.15, -0.1) is 0 Å². The third-order valence-electron chi connectivity index (χ3n) is 4.44. The zero-order valence-corrected chi connectivity index (χ0v) is 14.5. The molecule has 0 saturated carbocycles. The number of likely N-dealkylation sites (tertiary alicyclic amines) is 1. The molecule has 0 aliphatic carbocycles. The van der Waals surface area contributed by atoms with Crippen molar-refractivity contribution in [2.75, 3.05) is 25.0 Å². The number of nitrogens with one attached hydrogen (secondary N) is 1. The molecule has 0 unspecified atom stereocenters. The molecule has 5 nitrogen and oxygen atoms in total. The lowest BCUT2D eigenvalue weighted by atomic mass is 9.97. The van der Waals surface area contributed by atoms with Gasteiger partial charge in [-0.2, -0.15) is 0 Å². The van der Waals surface area contributed by atoms with Crippen molar-refractivity contribution in [3.8, 4) is 0 Å². The number of hydrogen-bond donors (Lipinski definition) is 1. The number of amides is 1. The molecule has 2 rings (SSSR count). The number of ether oxygens (including phenoxy) is 1. The SMILES string of the molecule is CCOC(=O)[C@@H]1CCCN([C@@H](C)C(=O)Nc2ccc(C)c(F)c2)C1. The number of halogens is 1. The van der Waals surface area contributed by atoms with E-state index in [0.717, 1.165) is 19.4 Å². The normalized spacial score (nSPS) is 19.6. The van der Waals surface area contributed by atoms with Crippen LogP contribution in [0.5, 0.6) is 0 Å². The molecule has 6 heteroatoms. The maximum Gasteiger partial charge on any atom is 0.310 e. The number of piperidine rings is 1. The molecule has 2 atom stereocenters. The van der Waals surface area contributed by atoms with Crippen LogP contribution in [0.2, 0.25) is 0 Å². The van der Waals surface area contributed by atoms with E-state index in [9.17, 15) is 14.0 Å². The van der Waals surface area contributed by atoms with Crippen molar-refractivity contribution in [1.29, 1.82) is 0 Å². The van der Waals surface area contributed by atoms with Gasteiger partial charge in [0.1, 0.15) is 5.82 Å². The quantitative estimate of drug-likeness (QED) is 0.840. The van der Waals surface area contributed by atoms with Crippen molar-refractivity contribution in [3.63, 3.8) is 0 Å². The molecule has 132 valence electrons. The summed E-state index contributed by atoms with van der Waals surface area (Å²) in [4.78, 5) is 26.3. The summed E-state index contributed by atoms with van der Waals surface area (Å²) in [5.41, 5.74) is 0.975. The molecule has 24 heavy (non-hydrogen) atoms.